The highest BCUT2D eigenvalue weighted by Gasteiger charge is 2.27. The first kappa shape index (κ1) is 22.1. The number of ketones is 1. The van der Waals surface area contributed by atoms with Crippen molar-refractivity contribution in [3.63, 3.8) is 0 Å². The van der Waals surface area contributed by atoms with E-state index in [1.54, 1.807) is 32.4 Å². The first-order valence-electron chi connectivity index (χ1n) is 9.24. The minimum atomic E-state index is -0.533. The summed E-state index contributed by atoms with van der Waals surface area (Å²) in [6, 6.07) is 5.30. The molecular weight excluding hydrogens is 375 g/mol. The quantitative estimate of drug-likeness (QED) is 0.387. The van der Waals surface area contributed by atoms with E-state index in [1.807, 2.05) is 0 Å². The lowest BCUT2D eigenvalue weighted by atomic mass is 10.0. The van der Waals surface area contributed by atoms with Crippen molar-refractivity contribution in [1.82, 2.24) is 9.47 Å². The number of hydrogen-bond donors (Lipinski definition) is 0. The lowest BCUT2D eigenvalue weighted by molar-refractivity contribution is 0.0514. The maximum atomic E-state index is 13.5. The van der Waals surface area contributed by atoms with Gasteiger partial charge in [-0.2, -0.15) is 0 Å². The van der Waals surface area contributed by atoms with Crippen LogP contribution in [0.5, 0.6) is 0 Å². The molecule has 1 aromatic carbocycles. The van der Waals surface area contributed by atoms with Gasteiger partial charge in [-0.25, -0.2) is 9.18 Å². The van der Waals surface area contributed by atoms with Crippen molar-refractivity contribution in [2.75, 3.05) is 19.7 Å². The summed E-state index contributed by atoms with van der Waals surface area (Å²) in [5.41, 5.74) is 1.93. The first-order chi connectivity index (χ1) is 13.7. The van der Waals surface area contributed by atoms with Gasteiger partial charge in [0, 0.05) is 30.4 Å². The van der Waals surface area contributed by atoms with E-state index in [9.17, 15) is 18.8 Å². The zero-order valence-corrected chi connectivity index (χ0v) is 17.1. The van der Waals surface area contributed by atoms with Crippen molar-refractivity contribution in [1.29, 1.82) is 0 Å². The molecule has 0 aliphatic carbocycles. The summed E-state index contributed by atoms with van der Waals surface area (Å²) in [6.07, 6.45) is 1.50. The SMILES string of the molecule is C=CCN(CC(=O)c1c(C)c(C(=O)OCC)n(C)c1C)C(=O)c1cccc(F)c1. The number of carbonyl (C=O) groups is 3. The molecular formula is C22H25FN2O4. The number of rotatable bonds is 8. The number of halogens is 1. The monoisotopic (exact) mass is 400 g/mol. The van der Waals surface area contributed by atoms with Gasteiger partial charge < -0.3 is 14.2 Å². The maximum absolute atomic E-state index is 13.5. The van der Waals surface area contributed by atoms with Crippen LogP contribution < -0.4 is 0 Å². The van der Waals surface area contributed by atoms with Crippen molar-refractivity contribution in [3.05, 3.63) is 70.8 Å². The van der Waals surface area contributed by atoms with Crippen molar-refractivity contribution in [2.45, 2.75) is 20.8 Å². The van der Waals surface area contributed by atoms with E-state index in [-0.39, 0.29) is 31.0 Å². The van der Waals surface area contributed by atoms with Crippen molar-refractivity contribution < 1.29 is 23.5 Å². The molecule has 0 radical (unpaired) electrons. The molecule has 0 aliphatic heterocycles. The molecule has 2 rings (SSSR count). The van der Waals surface area contributed by atoms with Gasteiger partial charge in [0.2, 0.25) is 0 Å². The van der Waals surface area contributed by atoms with Crippen LogP contribution in [0.1, 0.15) is 49.4 Å². The van der Waals surface area contributed by atoms with E-state index in [0.717, 1.165) is 6.07 Å². The summed E-state index contributed by atoms with van der Waals surface area (Å²) >= 11 is 0. The van der Waals surface area contributed by atoms with Gasteiger partial charge in [-0.3, -0.25) is 9.59 Å². The average Bonchev–Trinajstić information content (AvgIpc) is 2.89. The Morgan fingerprint density at radius 3 is 2.55 bits per heavy atom. The summed E-state index contributed by atoms with van der Waals surface area (Å²) < 4.78 is 20.2. The van der Waals surface area contributed by atoms with Crippen molar-refractivity contribution in [3.8, 4) is 0 Å². The Labute approximate surface area is 169 Å². The van der Waals surface area contributed by atoms with Crippen LogP contribution in [0.15, 0.2) is 36.9 Å². The third-order valence-corrected chi connectivity index (χ3v) is 4.72. The zero-order chi connectivity index (χ0) is 21.7. The van der Waals surface area contributed by atoms with E-state index in [1.165, 1.54) is 29.2 Å². The molecule has 0 unspecified atom stereocenters. The summed E-state index contributed by atoms with van der Waals surface area (Å²) in [4.78, 5) is 39.4. The fourth-order valence-electron chi connectivity index (χ4n) is 3.31. The highest BCUT2D eigenvalue weighted by atomic mass is 19.1. The number of carbonyl (C=O) groups excluding carboxylic acids is 3. The van der Waals surface area contributed by atoms with E-state index in [4.69, 9.17) is 4.74 Å². The molecule has 0 saturated heterocycles. The van der Waals surface area contributed by atoms with Gasteiger partial charge in [-0.15, -0.1) is 6.58 Å². The lowest BCUT2D eigenvalue weighted by Crippen LogP contribution is -2.36. The summed E-state index contributed by atoms with van der Waals surface area (Å²) in [6.45, 7) is 8.86. The van der Waals surface area contributed by atoms with Crippen LogP contribution in [0, 0.1) is 19.7 Å². The molecule has 0 bridgehead atoms. The van der Waals surface area contributed by atoms with Crippen LogP contribution in [0.2, 0.25) is 0 Å². The predicted octanol–water partition coefficient (Wildman–Crippen LogP) is 3.47. The normalized spacial score (nSPS) is 10.5. The van der Waals surface area contributed by atoms with E-state index in [0.29, 0.717) is 22.5 Å². The fourth-order valence-corrected chi connectivity index (χ4v) is 3.31. The van der Waals surface area contributed by atoms with Gasteiger partial charge >= 0.3 is 5.97 Å². The van der Waals surface area contributed by atoms with E-state index < -0.39 is 17.7 Å². The zero-order valence-electron chi connectivity index (χ0n) is 17.1. The predicted molar refractivity (Wildman–Crippen MR) is 108 cm³/mol. The fraction of sp³-hybridized carbons (Fsp3) is 0.318. The molecule has 1 heterocycles. The average molecular weight is 400 g/mol. The number of ether oxygens (including phenoxy) is 1. The number of nitrogens with zero attached hydrogens (tertiary/aromatic N) is 2. The molecule has 0 aliphatic rings. The van der Waals surface area contributed by atoms with Gasteiger partial charge in [0.25, 0.3) is 5.91 Å². The number of hydrogen-bond acceptors (Lipinski definition) is 4. The minimum absolute atomic E-state index is 0.122. The lowest BCUT2D eigenvalue weighted by Gasteiger charge is -2.20. The largest absolute Gasteiger partial charge is 0.461 e. The topological polar surface area (TPSA) is 68.6 Å². The Bertz CT molecular complexity index is 962. The number of amides is 1. The van der Waals surface area contributed by atoms with Crippen LogP contribution in [0.4, 0.5) is 4.39 Å². The molecule has 6 nitrogen and oxygen atoms in total. The van der Waals surface area contributed by atoms with Crippen molar-refractivity contribution >= 4 is 17.7 Å². The molecule has 2 aromatic rings. The molecule has 29 heavy (non-hydrogen) atoms. The summed E-state index contributed by atoms with van der Waals surface area (Å²) in [7, 11) is 1.69. The Kier molecular flexibility index (Phi) is 7.09. The Morgan fingerprint density at radius 2 is 1.97 bits per heavy atom. The Hall–Kier alpha value is -3.22. The first-order valence-corrected chi connectivity index (χ1v) is 9.24. The molecule has 7 heteroatoms. The molecule has 154 valence electrons. The van der Waals surface area contributed by atoms with Crippen molar-refractivity contribution in [2.24, 2.45) is 7.05 Å². The minimum Gasteiger partial charge on any atom is -0.461 e. The van der Waals surface area contributed by atoms with Crippen LogP contribution in [0.3, 0.4) is 0 Å². The number of aromatic nitrogens is 1. The van der Waals surface area contributed by atoms with Gasteiger partial charge in [-0.1, -0.05) is 12.1 Å². The third-order valence-electron chi connectivity index (χ3n) is 4.72. The summed E-state index contributed by atoms with van der Waals surface area (Å²) in [5, 5.41) is 0. The molecule has 0 spiro atoms. The van der Waals surface area contributed by atoms with Crippen LogP contribution in [-0.2, 0) is 11.8 Å². The maximum Gasteiger partial charge on any atom is 0.355 e. The van der Waals surface area contributed by atoms with Gasteiger partial charge in [0.05, 0.1) is 13.2 Å². The highest BCUT2D eigenvalue weighted by Crippen LogP contribution is 2.23. The second-order valence-electron chi connectivity index (χ2n) is 6.62. The molecule has 0 N–H and O–H groups in total. The van der Waals surface area contributed by atoms with E-state index in [2.05, 4.69) is 6.58 Å². The van der Waals surface area contributed by atoms with Crippen LogP contribution >= 0.6 is 0 Å². The third kappa shape index (κ3) is 4.62. The van der Waals surface area contributed by atoms with Crippen LogP contribution in [0.25, 0.3) is 0 Å². The Balaban J connectivity index is 2.35. The molecule has 0 saturated carbocycles. The number of Topliss-reactive ketones (excluding diaryl/α,β-unsaturated/α-hetero) is 1. The number of benzene rings is 1. The summed E-state index contributed by atoms with van der Waals surface area (Å²) in [5.74, 6) is -1.84. The standard InChI is InChI=1S/C22H25FN2O4/c1-6-11-25(21(27)16-9-8-10-17(23)12-16)13-18(26)19-14(3)20(22(28)29-7-2)24(5)15(19)4/h6,8-10,12H,1,7,11,13H2,2-5H3. The van der Waals surface area contributed by atoms with E-state index >= 15 is 0 Å². The smallest absolute Gasteiger partial charge is 0.355 e. The molecule has 0 atom stereocenters. The van der Waals surface area contributed by atoms with Crippen LogP contribution in [-0.4, -0.2) is 46.8 Å². The van der Waals surface area contributed by atoms with Gasteiger partial charge in [0.15, 0.2) is 5.78 Å². The second-order valence-corrected chi connectivity index (χ2v) is 6.62. The molecule has 1 amide bonds. The number of esters is 1. The highest BCUT2D eigenvalue weighted by molar-refractivity contribution is 6.06. The molecule has 1 aromatic heterocycles. The second kappa shape index (κ2) is 9.32. The molecule has 0 fully saturated rings. The Morgan fingerprint density at radius 1 is 1.28 bits per heavy atom. The van der Waals surface area contributed by atoms with Gasteiger partial charge in [-0.05, 0) is 44.5 Å². The van der Waals surface area contributed by atoms with Gasteiger partial charge in [0.1, 0.15) is 11.5 Å².